The van der Waals surface area contributed by atoms with Crippen molar-refractivity contribution in [2.45, 2.75) is 57.3 Å². The summed E-state index contributed by atoms with van der Waals surface area (Å²) in [7, 11) is 0. The first-order valence-electron chi connectivity index (χ1n) is 13.3. The van der Waals surface area contributed by atoms with E-state index < -0.39 is 5.41 Å². The number of likely N-dealkylation sites (tertiary alicyclic amines) is 1. The van der Waals surface area contributed by atoms with Crippen molar-refractivity contribution in [1.29, 1.82) is 0 Å². The Morgan fingerprint density at radius 3 is 2.29 bits per heavy atom. The fraction of sp³-hybridized carbons (Fsp3) is 0.400. The van der Waals surface area contributed by atoms with E-state index in [9.17, 15) is 14.0 Å². The van der Waals surface area contributed by atoms with Gasteiger partial charge in [-0.3, -0.25) is 9.59 Å². The lowest BCUT2D eigenvalue weighted by atomic mass is 9.71. The van der Waals surface area contributed by atoms with Gasteiger partial charge in [0, 0.05) is 29.9 Å². The number of benzene rings is 2. The molecular formula is C30H33FN4O3. The molecule has 2 amide bonds. The van der Waals surface area contributed by atoms with Gasteiger partial charge >= 0.3 is 0 Å². The SMILES string of the molecule is C=C(NC(=O)C1(c2ccc(F)cc2)CCN(C(=O)c2ccc(-c3nc(C)no3)cc2)CC1)C1CCCCC1. The summed E-state index contributed by atoms with van der Waals surface area (Å²) in [6, 6.07) is 13.2. The number of aryl methyl sites for hydroxylation is 1. The average Bonchev–Trinajstić information content (AvgIpc) is 3.39. The van der Waals surface area contributed by atoms with Crippen LogP contribution < -0.4 is 5.32 Å². The quantitative estimate of drug-likeness (QED) is 0.463. The molecule has 2 aliphatic rings. The summed E-state index contributed by atoms with van der Waals surface area (Å²) in [6.45, 7) is 6.76. The highest BCUT2D eigenvalue weighted by molar-refractivity contribution is 5.95. The van der Waals surface area contributed by atoms with Gasteiger partial charge in [0.25, 0.3) is 11.8 Å². The molecule has 2 heterocycles. The summed E-state index contributed by atoms with van der Waals surface area (Å²) in [4.78, 5) is 33.1. The van der Waals surface area contributed by atoms with Gasteiger partial charge in [0.1, 0.15) is 5.82 Å². The predicted octanol–water partition coefficient (Wildman–Crippen LogP) is 5.57. The van der Waals surface area contributed by atoms with Crippen LogP contribution in [0.2, 0.25) is 0 Å². The molecule has 0 atom stereocenters. The molecule has 38 heavy (non-hydrogen) atoms. The summed E-state index contributed by atoms with van der Waals surface area (Å²) in [5.74, 6) is 0.680. The summed E-state index contributed by atoms with van der Waals surface area (Å²) in [5.41, 5.74) is 1.97. The number of carbonyl (C=O) groups excluding carboxylic acids is 2. The van der Waals surface area contributed by atoms with Crippen molar-refractivity contribution in [1.82, 2.24) is 20.4 Å². The highest BCUT2D eigenvalue weighted by atomic mass is 19.1. The molecule has 1 aliphatic heterocycles. The van der Waals surface area contributed by atoms with Crippen LogP contribution in [0.15, 0.2) is 65.3 Å². The third-order valence-electron chi connectivity index (χ3n) is 8.01. The maximum absolute atomic E-state index is 13.8. The molecule has 0 spiro atoms. The second-order valence-electron chi connectivity index (χ2n) is 10.4. The number of aromatic nitrogens is 2. The van der Waals surface area contributed by atoms with Gasteiger partial charge < -0.3 is 14.7 Å². The smallest absolute Gasteiger partial charge is 0.257 e. The molecule has 2 fully saturated rings. The Bertz CT molecular complexity index is 1300. The van der Waals surface area contributed by atoms with Crippen LogP contribution in [0.25, 0.3) is 11.5 Å². The zero-order valence-corrected chi connectivity index (χ0v) is 21.7. The lowest BCUT2D eigenvalue weighted by Gasteiger charge is -2.41. The molecule has 2 aromatic carbocycles. The lowest BCUT2D eigenvalue weighted by Crippen LogP contribution is -2.53. The molecule has 0 unspecified atom stereocenters. The average molecular weight is 517 g/mol. The van der Waals surface area contributed by atoms with Crippen LogP contribution in [-0.2, 0) is 10.2 Å². The van der Waals surface area contributed by atoms with Crippen molar-refractivity contribution in [2.24, 2.45) is 5.92 Å². The van der Waals surface area contributed by atoms with E-state index >= 15 is 0 Å². The van der Waals surface area contributed by atoms with E-state index in [4.69, 9.17) is 4.52 Å². The number of rotatable bonds is 6. The third-order valence-corrected chi connectivity index (χ3v) is 8.01. The van der Waals surface area contributed by atoms with Crippen molar-refractivity contribution < 1.29 is 18.5 Å². The van der Waals surface area contributed by atoms with Crippen LogP contribution in [0.5, 0.6) is 0 Å². The molecule has 1 saturated carbocycles. The number of halogens is 1. The Balaban J connectivity index is 1.31. The summed E-state index contributed by atoms with van der Waals surface area (Å²) < 4.78 is 18.9. The van der Waals surface area contributed by atoms with Gasteiger partial charge in [-0.2, -0.15) is 4.98 Å². The fourth-order valence-electron chi connectivity index (χ4n) is 5.68. The molecule has 198 valence electrons. The Morgan fingerprint density at radius 1 is 1.03 bits per heavy atom. The van der Waals surface area contributed by atoms with Crippen LogP contribution in [0.1, 0.15) is 66.7 Å². The van der Waals surface area contributed by atoms with Gasteiger partial charge in [-0.1, -0.05) is 43.1 Å². The molecule has 1 saturated heterocycles. The second-order valence-corrected chi connectivity index (χ2v) is 10.4. The van der Waals surface area contributed by atoms with E-state index in [-0.39, 0.29) is 17.6 Å². The Morgan fingerprint density at radius 2 is 1.68 bits per heavy atom. The first kappa shape index (κ1) is 25.8. The monoisotopic (exact) mass is 516 g/mol. The van der Waals surface area contributed by atoms with E-state index in [0.29, 0.717) is 49.1 Å². The number of amides is 2. The zero-order chi connectivity index (χ0) is 26.7. The van der Waals surface area contributed by atoms with Crippen LogP contribution in [-0.4, -0.2) is 39.9 Å². The van der Waals surface area contributed by atoms with Gasteiger partial charge in [-0.25, -0.2) is 4.39 Å². The number of nitrogens with one attached hydrogen (secondary N) is 1. The number of nitrogens with zero attached hydrogens (tertiary/aromatic N) is 3. The van der Waals surface area contributed by atoms with E-state index in [1.165, 1.54) is 18.6 Å². The van der Waals surface area contributed by atoms with Crippen LogP contribution in [0.3, 0.4) is 0 Å². The maximum atomic E-state index is 13.8. The van der Waals surface area contributed by atoms with Gasteiger partial charge in [-0.05, 0) is 80.5 Å². The minimum Gasteiger partial charge on any atom is -0.339 e. The molecule has 1 aliphatic carbocycles. The van der Waals surface area contributed by atoms with Crippen LogP contribution >= 0.6 is 0 Å². The standard InChI is InChI=1S/C30H33FN4O3/c1-20(22-6-4-3-5-7-22)32-29(37)30(25-12-14-26(31)15-13-25)16-18-35(19-17-30)28(36)24-10-8-23(9-11-24)27-33-21(2)34-38-27/h8-15,22H,1,3-7,16-19H2,2H3,(H,32,37). The highest BCUT2D eigenvalue weighted by Crippen LogP contribution is 2.38. The number of hydrogen-bond acceptors (Lipinski definition) is 5. The van der Waals surface area contributed by atoms with Crippen LogP contribution in [0.4, 0.5) is 4.39 Å². The summed E-state index contributed by atoms with van der Waals surface area (Å²) in [6.07, 6.45) is 6.47. The zero-order valence-electron chi connectivity index (χ0n) is 21.7. The van der Waals surface area contributed by atoms with Gasteiger partial charge in [-0.15, -0.1) is 0 Å². The van der Waals surface area contributed by atoms with Crippen molar-refractivity contribution in [2.75, 3.05) is 13.1 Å². The second kappa shape index (κ2) is 10.9. The molecule has 0 radical (unpaired) electrons. The number of allylic oxidation sites excluding steroid dienone is 1. The van der Waals surface area contributed by atoms with Crippen molar-refractivity contribution in [3.63, 3.8) is 0 Å². The first-order valence-corrected chi connectivity index (χ1v) is 13.3. The molecule has 1 aromatic heterocycles. The summed E-state index contributed by atoms with van der Waals surface area (Å²) in [5, 5.41) is 6.93. The number of carbonyl (C=O) groups is 2. The predicted molar refractivity (Wildman–Crippen MR) is 142 cm³/mol. The minimum atomic E-state index is -0.859. The van der Waals surface area contributed by atoms with E-state index in [2.05, 4.69) is 22.0 Å². The number of piperidine rings is 1. The fourth-order valence-corrected chi connectivity index (χ4v) is 5.68. The van der Waals surface area contributed by atoms with Gasteiger partial charge in [0.05, 0.1) is 5.41 Å². The number of hydrogen-bond donors (Lipinski definition) is 1. The molecular weight excluding hydrogens is 483 g/mol. The Hall–Kier alpha value is -3.81. The van der Waals surface area contributed by atoms with E-state index in [0.717, 1.165) is 42.5 Å². The molecule has 1 N–H and O–H groups in total. The largest absolute Gasteiger partial charge is 0.339 e. The Kier molecular flexibility index (Phi) is 7.40. The van der Waals surface area contributed by atoms with Crippen molar-refractivity contribution >= 4 is 11.8 Å². The molecule has 5 rings (SSSR count). The Labute approximate surface area is 222 Å². The van der Waals surface area contributed by atoms with Gasteiger partial charge in [0.15, 0.2) is 5.82 Å². The van der Waals surface area contributed by atoms with E-state index in [1.807, 2.05) is 0 Å². The minimum absolute atomic E-state index is 0.0991. The van der Waals surface area contributed by atoms with E-state index in [1.54, 1.807) is 48.2 Å². The topological polar surface area (TPSA) is 88.3 Å². The van der Waals surface area contributed by atoms with Gasteiger partial charge in [0.2, 0.25) is 5.91 Å². The highest BCUT2D eigenvalue weighted by Gasteiger charge is 2.44. The van der Waals surface area contributed by atoms with Crippen molar-refractivity contribution in [3.05, 3.63) is 83.6 Å². The molecule has 8 heteroatoms. The first-order chi connectivity index (χ1) is 18.4. The molecule has 0 bridgehead atoms. The van der Waals surface area contributed by atoms with Crippen molar-refractivity contribution in [3.8, 4) is 11.5 Å². The maximum Gasteiger partial charge on any atom is 0.257 e. The molecule has 3 aromatic rings. The van der Waals surface area contributed by atoms with Crippen LogP contribution in [0, 0.1) is 18.7 Å². The lowest BCUT2D eigenvalue weighted by molar-refractivity contribution is -0.128. The molecule has 7 nitrogen and oxygen atoms in total. The third kappa shape index (κ3) is 5.26. The summed E-state index contributed by atoms with van der Waals surface area (Å²) >= 11 is 0. The normalized spacial score (nSPS) is 17.7.